The van der Waals surface area contributed by atoms with Crippen LogP contribution in [-0.2, 0) is 4.74 Å². The Balaban J connectivity index is 2.16. The number of phenols is 1. The van der Waals surface area contributed by atoms with Gasteiger partial charge in [0.1, 0.15) is 11.9 Å². The van der Waals surface area contributed by atoms with E-state index in [0.29, 0.717) is 5.56 Å². The summed E-state index contributed by atoms with van der Waals surface area (Å²) in [6, 6.07) is 6.48. The highest BCUT2D eigenvalue weighted by atomic mass is 19.1. The number of methoxy groups -OCH3 is 1. The minimum Gasteiger partial charge on any atom is -0.503 e. The number of phenolic OH excluding ortho intramolecular Hbond substituents is 1. The molecule has 0 saturated carbocycles. The lowest BCUT2D eigenvalue weighted by molar-refractivity contribution is 0.0644. The maximum absolute atomic E-state index is 13.3. The molecular weight excluding hydrogens is 323 g/mol. The fourth-order valence-corrected chi connectivity index (χ4v) is 2.34. The maximum atomic E-state index is 13.3. The highest BCUT2D eigenvalue weighted by molar-refractivity contribution is 5.94. The predicted octanol–water partition coefficient (Wildman–Crippen LogP) is 3.32. The van der Waals surface area contributed by atoms with Gasteiger partial charge in [-0.25, -0.2) is 13.2 Å². The number of aromatic hydroxyl groups is 1. The van der Waals surface area contributed by atoms with E-state index in [1.54, 1.807) is 6.92 Å². The molecule has 2 rings (SSSR count). The van der Waals surface area contributed by atoms with Gasteiger partial charge in [0.05, 0.1) is 6.04 Å². The minimum atomic E-state index is -1.23. The first-order valence-corrected chi connectivity index (χ1v) is 7.10. The SMILES string of the molecule is CO[C@@H](c1ccc(F)cc1)[C@@H](C)NC(=O)c1cc(F)c(O)c(F)c1. The van der Waals surface area contributed by atoms with Crippen LogP contribution in [-0.4, -0.2) is 24.2 Å². The van der Waals surface area contributed by atoms with Gasteiger partial charge in [-0.2, -0.15) is 0 Å². The van der Waals surface area contributed by atoms with Crippen LogP contribution in [0.3, 0.4) is 0 Å². The van der Waals surface area contributed by atoms with E-state index in [1.165, 1.54) is 31.4 Å². The van der Waals surface area contributed by atoms with Crippen LogP contribution in [0.4, 0.5) is 13.2 Å². The predicted molar refractivity (Wildman–Crippen MR) is 81.1 cm³/mol. The van der Waals surface area contributed by atoms with Gasteiger partial charge in [0.25, 0.3) is 5.91 Å². The first-order chi connectivity index (χ1) is 11.3. The first kappa shape index (κ1) is 17.8. The van der Waals surface area contributed by atoms with Crippen molar-refractivity contribution in [1.82, 2.24) is 5.32 Å². The van der Waals surface area contributed by atoms with Gasteiger partial charge < -0.3 is 15.2 Å². The Morgan fingerprint density at radius 1 is 1.12 bits per heavy atom. The summed E-state index contributed by atoms with van der Waals surface area (Å²) >= 11 is 0. The molecule has 0 aliphatic heterocycles. The molecule has 2 atom stereocenters. The Kier molecular flexibility index (Phi) is 5.46. The van der Waals surface area contributed by atoms with Gasteiger partial charge in [-0.15, -0.1) is 0 Å². The lowest BCUT2D eigenvalue weighted by atomic mass is 10.0. The van der Waals surface area contributed by atoms with E-state index in [0.717, 1.165) is 12.1 Å². The summed E-state index contributed by atoms with van der Waals surface area (Å²) < 4.78 is 45.0. The molecule has 2 aromatic rings. The number of ether oxygens (including phenoxy) is 1. The number of nitrogens with one attached hydrogen (secondary N) is 1. The Morgan fingerprint density at radius 2 is 1.67 bits per heavy atom. The molecule has 0 bridgehead atoms. The Hall–Kier alpha value is -2.54. The number of amides is 1. The quantitative estimate of drug-likeness (QED) is 0.879. The van der Waals surface area contributed by atoms with Crippen LogP contribution < -0.4 is 5.32 Å². The summed E-state index contributed by atoms with van der Waals surface area (Å²) in [5, 5.41) is 11.6. The van der Waals surface area contributed by atoms with Crippen molar-refractivity contribution in [2.75, 3.05) is 7.11 Å². The van der Waals surface area contributed by atoms with Crippen molar-refractivity contribution >= 4 is 5.91 Å². The third kappa shape index (κ3) is 3.86. The molecule has 0 radical (unpaired) electrons. The number of halogens is 3. The summed E-state index contributed by atoms with van der Waals surface area (Å²) in [6.45, 7) is 1.64. The molecule has 1 amide bonds. The molecule has 0 spiro atoms. The molecule has 0 fully saturated rings. The smallest absolute Gasteiger partial charge is 0.251 e. The topological polar surface area (TPSA) is 58.6 Å². The second kappa shape index (κ2) is 7.35. The average Bonchev–Trinajstić information content (AvgIpc) is 2.54. The van der Waals surface area contributed by atoms with Gasteiger partial charge in [0, 0.05) is 12.7 Å². The van der Waals surface area contributed by atoms with Crippen molar-refractivity contribution in [3.8, 4) is 5.75 Å². The number of carbonyl (C=O) groups is 1. The summed E-state index contributed by atoms with van der Waals surface area (Å²) in [5.41, 5.74) is 0.360. The molecule has 2 N–H and O–H groups in total. The molecule has 0 saturated heterocycles. The van der Waals surface area contributed by atoms with Crippen molar-refractivity contribution in [3.05, 3.63) is 65.0 Å². The van der Waals surface area contributed by atoms with Crippen molar-refractivity contribution < 1.29 is 27.8 Å². The molecule has 0 aliphatic rings. The van der Waals surface area contributed by atoms with Crippen LogP contribution in [0.2, 0.25) is 0 Å². The number of rotatable bonds is 5. The van der Waals surface area contributed by atoms with Crippen molar-refractivity contribution in [2.45, 2.75) is 19.1 Å². The average molecular weight is 339 g/mol. The summed E-state index contributed by atoms with van der Waals surface area (Å²) in [5.74, 6) is -4.73. The maximum Gasteiger partial charge on any atom is 0.251 e. The van der Waals surface area contributed by atoms with Gasteiger partial charge in [-0.3, -0.25) is 4.79 Å². The van der Waals surface area contributed by atoms with Crippen LogP contribution >= 0.6 is 0 Å². The van der Waals surface area contributed by atoms with E-state index in [2.05, 4.69) is 5.32 Å². The fraction of sp³-hybridized carbons (Fsp3) is 0.235. The Morgan fingerprint density at radius 3 is 2.17 bits per heavy atom. The standard InChI is InChI=1S/C17H16F3NO3/c1-9(16(24-2)10-3-5-12(18)6-4-10)21-17(23)11-7-13(19)15(22)14(20)8-11/h3-9,16,22H,1-2H3,(H,21,23)/t9-,16-/m1/s1. The molecule has 128 valence electrons. The van der Waals surface area contributed by atoms with Crippen LogP contribution in [0.1, 0.15) is 28.9 Å². The van der Waals surface area contributed by atoms with Crippen molar-refractivity contribution in [2.24, 2.45) is 0 Å². The fourth-order valence-electron chi connectivity index (χ4n) is 2.34. The van der Waals surface area contributed by atoms with Gasteiger partial charge >= 0.3 is 0 Å². The third-order valence-electron chi connectivity index (χ3n) is 3.54. The van der Waals surface area contributed by atoms with Crippen molar-refractivity contribution in [3.63, 3.8) is 0 Å². The van der Waals surface area contributed by atoms with E-state index in [-0.39, 0.29) is 5.56 Å². The highest BCUT2D eigenvalue weighted by Gasteiger charge is 2.22. The molecule has 0 aromatic heterocycles. The zero-order valence-electron chi connectivity index (χ0n) is 13.0. The van der Waals surface area contributed by atoms with E-state index in [4.69, 9.17) is 9.84 Å². The Labute approximate surface area is 136 Å². The second-order valence-corrected chi connectivity index (χ2v) is 5.26. The summed E-state index contributed by atoms with van der Waals surface area (Å²) in [6.07, 6.45) is -0.582. The normalized spacial score (nSPS) is 13.4. The lowest BCUT2D eigenvalue weighted by Gasteiger charge is -2.24. The zero-order chi connectivity index (χ0) is 17.9. The van der Waals surface area contributed by atoms with Gasteiger partial charge in [0.2, 0.25) is 0 Å². The van der Waals surface area contributed by atoms with Gasteiger partial charge in [-0.05, 0) is 36.8 Å². The molecular formula is C17H16F3NO3. The van der Waals surface area contributed by atoms with Crippen LogP contribution in [0.15, 0.2) is 36.4 Å². The number of hydrogen-bond donors (Lipinski definition) is 2. The van der Waals surface area contributed by atoms with E-state index < -0.39 is 41.3 Å². The number of hydrogen-bond acceptors (Lipinski definition) is 3. The number of benzene rings is 2. The molecule has 24 heavy (non-hydrogen) atoms. The van der Waals surface area contributed by atoms with Gasteiger partial charge in [-0.1, -0.05) is 12.1 Å². The molecule has 2 aromatic carbocycles. The second-order valence-electron chi connectivity index (χ2n) is 5.26. The molecule has 0 unspecified atom stereocenters. The first-order valence-electron chi connectivity index (χ1n) is 7.10. The van der Waals surface area contributed by atoms with Crippen molar-refractivity contribution in [1.29, 1.82) is 0 Å². The van der Waals surface area contributed by atoms with Crippen LogP contribution in [0.5, 0.6) is 5.75 Å². The minimum absolute atomic E-state index is 0.274. The third-order valence-corrected chi connectivity index (χ3v) is 3.54. The number of carbonyl (C=O) groups excluding carboxylic acids is 1. The van der Waals surface area contributed by atoms with Crippen LogP contribution in [0, 0.1) is 17.5 Å². The largest absolute Gasteiger partial charge is 0.503 e. The molecule has 4 nitrogen and oxygen atoms in total. The van der Waals surface area contributed by atoms with E-state index in [9.17, 15) is 18.0 Å². The molecule has 0 aliphatic carbocycles. The monoisotopic (exact) mass is 339 g/mol. The van der Waals surface area contributed by atoms with Crippen LogP contribution in [0.25, 0.3) is 0 Å². The molecule has 0 heterocycles. The highest BCUT2D eigenvalue weighted by Crippen LogP contribution is 2.23. The summed E-state index contributed by atoms with van der Waals surface area (Å²) in [4.78, 5) is 12.1. The zero-order valence-corrected chi connectivity index (χ0v) is 13.0. The van der Waals surface area contributed by atoms with E-state index in [1.807, 2.05) is 0 Å². The van der Waals surface area contributed by atoms with Gasteiger partial charge in [0.15, 0.2) is 17.4 Å². The lowest BCUT2D eigenvalue weighted by Crippen LogP contribution is -2.37. The summed E-state index contributed by atoms with van der Waals surface area (Å²) in [7, 11) is 1.43. The Bertz CT molecular complexity index is 711. The van der Waals surface area contributed by atoms with E-state index >= 15 is 0 Å². The molecule has 7 heteroatoms.